The predicted molar refractivity (Wildman–Crippen MR) is 103 cm³/mol. The molecule has 1 aliphatic heterocycles. The third-order valence-corrected chi connectivity index (χ3v) is 5.12. The van der Waals surface area contributed by atoms with Gasteiger partial charge < -0.3 is 10.4 Å². The topological polar surface area (TPSA) is 90.5 Å². The average Bonchev–Trinajstić information content (AvgIpc) is 3.01. The number of aliphatic carboxylic acids is 1. The van der Waals surface area contributed by atoms with Crippen molar-refractivity contribution in [3.05, 3.63) is 70.7 Å². The number of carboxylic acid groups (broad SMARTS) is 1. The van der Waals surface area contributed by atoms with Crippen molar-refractivity contribution in [3.63, 3.8) is 0 Å². The highest BCUT2D eigenvalue weighted by Gasteiger charge is 2.36. The lowest BCUT2D eigenvalue weighted by Gasteiger charge is -2.22. The number of nitrogens with one attached hydrogen (secondary N) is 3. The van der Waals surface area contributed by atoms with Crippen LogP contribution in [0.5, 0.6) is 0 Å². The zero-order valence-corrected chi connectivity index (χ0v) is 15.6. The third kappa shape index (κ3) is 4.66. The van der Waals surface area contributed by atoms with Crippen molar-refractivity contribution in [2.75, 3.05) is 0 Å². The minimum absolute atomic E-state index is 0.0311. The second-order valence-corrected chi connectivity index (χ2v) is 7.16. The molecule has 1 amide bonds. The molecule has 0 saturated carbocycles. The normalized spacial score (nSPS) is 23.0. The van der Waals surface area contributed by atoms with Crippen molar-refractivity contribution in [2.24, 2.45) is 5.92 Å². The molecule has 1 fully saturated rings. The molecule has 0 bridgehead atoms. The lowest BCUT2D eigenvalue weighted by atomic mass is 9.87. The highest BCUT2D eigenvalue weighted by atomic mass is 35.5. The zero-order valence-electron chi connectivity index (χ0n) is 14.9. The van der Waals surface area contributed by atoms with Gasteiger partial charge in [-0.05, 0) is 30.2 Å². The molecular weight excluding hydrogens is 366 g/mol. The summed E-state index contributed by atoms with van der Waals surface area (Å²) >= 11 is 5.96. The Morgan fingerprint density at radius 1 is 1.11 bits per heavy atom. The van der Waals surface area contributed by atoms with Gasteiger partial charge in [-0.3, -0.25) is 10.2 Å². The zero-order chi connectivity index (χ0) is 19.4. The molecule has 142 valence electrons. The van der Waals surface area contributed by atoms with E-state index in [1.807, 2.05) is 31.2 Å². The summed E-state index contributed by atoms with van der Waals surface area (Å²) in [4.78, 5) is 24.2. The average molecular weight is 388 g/mol. The van der Waals surface area contributed by atoms with Crippen LogP contribution in [-0.2, 0) is 9.59 Å². The third-order valence-electron chi connectivity index (χ3n) is 4.87. The van der Waals surface area contributed by atoms with E-state index in [9.17, 15) is 14.7 Å². The molecular formula is C20H22ClN3O3. The molecule has 0 spiro atoms. The molecule has 3 unspecified atom stereocenters. The van der Waals surface area contributed by atoms with Gasteiger partial charge >= 0.3 is 5.97 Å². The number of hydrazine groups is 1. The number of hydrogen-bond acceptors (Lipinski definition) is 4. The summed E-state index contributed by atoms with van der Waals surface area (Å²) in [5.41, 5.74) is 7.95. The van der Waals surface area contributed by atoms with Gasteiger partial charge in [0.25, 0.3) is 0 Å². The molecule has 27 heavy (non-hydrogen) atoms. The Hall–Kier alpha value is -2.41. The van der Waals surface area contributed by atoms with E-state index in [-0.39, 0.29) is 30.3 Å². The molecule has 2 aromatic rings. The number of amides is 1. The van der Waals surface area contributed by atoms with E-state index >= 15 is 0 Å². The van der Waals surface area contributed by atoms with Gasteiger partial charge in [0.05, 0.1) is 6.04 Å². The fourth-order valence-corrected chi connectivity index (χ4v) is 3.51. The SMILES string of the molecule is CC1NNC(c2ccc(Cl)cc2)C1CC(=O)N[C@@H](C(=O)O)c1ccccc1. The molecule has 1 heterocycles. The summed E-state index contributed by atoms with van der Waals surface area (Å²) in [6, 6.07) is 15.1. The fourth-order valence-electron chi connectivity index (χ4n) is 3.39. The molecule has 4 N–H and O–H groups in total. The summed E-state index contributed by atoms with van der Waals surface area (Å²) in [6.45, 7) is 1.99. The maximum Gasteiger partial charge on any atom is 0.330 e. The van der Waals surface area contributed by atoms with Gasteiger partial charge in [-0.1, -0.05) is 54.1 Å². The van der Waals surface area contributed by atoms with E-state index in [0.29, 0.717) is 10.6 Å². The van der Waals surface area contributed by atoms with Crippen LogP contribution >= 0.6 is 11.6 Å². The van der Waals surface area contributed by atoms with Crippen molar-refractivity contribution in [1.29, 1.82) is 0 Å². The standard InChI is InChI=1S/C20H22ClN3O3/c1-12-16(18(24-23-12)14-7-9-15(21)10-8-14)11-17(25)22-19(20(26)27)13-5-3-2-4-6-13/h2-10,12,16,18-19,23-24H,11H2,1H3,(H,22,25)(H,26,27)/t12?,16?,18?,19-/m1/s1. The molecule has 0 aliphatic carbocycles. The van der Waals surface area contributed by atoms with Crippen LogP contribution < -0.4 is 16.2 Å². The summed E-state index contributed by atoms with van der Waals surface area (Å²) < 4.78 is 0. The highest BCUT2D eigenvalue weighted by Crippen LogP contribution is 2.32. The van der Waals surface area contributed by atoms with Gasteiger partial charge in [-0.25, -0.2) is 10.2 Å². The summed E-state index contributed by atoms with van der Waals surface area (Å²) in [5.74, 6) is -1.41. The predicted octanol–water partition coefficient (Wildman–Crippen LogP) is 2.83. The first-order valence-electron chi connectivity index (χ1n) is 8.79. The second-order valence-electron chi connectivity index (χ2n) is 6.72. The molecule has 6 nitrogen and oxygen atoms in total. The maximum atomic E-state index is 12.6. The Morgan fingerprint density at radius 3 is 2.41 bits per heavy atom. The summed E-state index contributed by atoms with van der Waals surface area (Å²) in [5, 5.41) is 12.8. The van der Waals surface area contributed by atoms with Crippen LogP contribution in [0.1, 0.15) is 36.6 Å². The van der Waals surface area contributed by atoms with Crippen molar-refractivity contribution in [1.82, 2.24) is 16.2 Å². The van der Waals surface area contributed by atoms with Crippen LogP contribution in [0.15, 0.2) is 54.6 Å². The Balaban J connectivity index is 1.71. The van der Waals surface area contributed by atoms with Crippen LogP contribution in [0, 0.1) is 5.92 Å². The van der Waals surface area contributed by atoms with Crippen molar-refractivity contribution in [2.45, 2.75) is 31.5 Å². The lowest BCUT2D eigenvalue weighted by Crippen LogP contribution is -2.36. The molecule has 4 atom stereocenters. The fraction of sp³-hybridized carbons (Fsp3) is 0.300. The van der Waals surface area contributed by atoms with Crippen LogP contribution in [0.3, 0.4) is 0 Å². The van der Waals surface area contributed by atoms with Crippen LogP contribution in [0.4, 0.5) is 0 Å². The lowest BCUT2D eigenvalue weighted by molar-refractivity contribution is -0.142. The van der Waals surface area contributed by atoms with E-state index in [1.54, 1.807) is 30.3 Å². The van der Waals surface area contributed by atoms with E-state index < -0.39 is 12.0 Å². The van der Waals surface area contributed by atoms with E-state index in [2.05, 4.69) is 16.2 Å². The number of rotatable bonds is 6. The monoisotopic (exact) mass is 387 g/mol. The largest absolute Gasteiger partial charge is 0.479 e. The summed E-state index contributed by atoms with van der Waals surface area (Å²) in [7, 11) is 0. The van der Waals surface area contributed by atoms with Crippen LogP contribution in [0.25, 0.3) is 0 Å². The maximum absolute atomic E-state index is 12.6. The van der Waals surface area contributed by atoms with E-state index in [4.69, 9.17) is 11.6 Å². The molecule has 2 aromatic carbocycles. The minimum atomic E-state index is -1.08. The van der Waals surface area contributed by atoms with Crippen LogP contribution in [0.2, 0.25) is 5.02 Å². The van der Waals surface area contributed by atoms with E-state index in [1.165, 1.54) is 0 Å². The van der Waals surface area contributed by atoms with E-state index in [0.717, 1.165) is 5.56 Å². The Morgan fingerprint density at radius 2 is 1.78 bits per heavy atom. The first-order chi connectivity index (χ1) is 13.0. The van der Waals surface area contributed by atoms with Crippen molar-refractivity contribution < 1.29 is 14.7 Å². The Kier molecular flexibility index (Phi) is 6.11. The number of carboxylic acids is 1. The first kappa shape index (κ1) is 19.4. The highest BCUT2D eigenvalue weighted by molar-refractivity contribution is 6.30. The number of hydrogen-bond donors (Lipinski definition) is 4. The molecule has 1 aliphatic rings. The van der Waals surface area contributed by atoms with Gasteiger partial charge in [0, 0.05) is 23.4 Å². The number of carbonyl (C=O) groups is 2. The first-order valence-corrected chi connectivity index (χ1v) is 9.17. The van der Waals surface area contributed by atoms with Gasteiger partial charge in [-0.2, -0.15) is 0 Å². The Bertz CT molecular complexity index is 798. The molecule has 1 saturated heterocycles. The Labute approximate surface area is 162 Å². The number of benzene rings is 2. The number of halogens is 1. The van der Waals surface area contributed by atoms with Crippen molar-refractivity contribution in [3.8, 4) is 0 Å². The summed E-state index contributed by atoms with van der Waals surface area (Å²) in [6.07, 6.45) is 0.199. The molecule has 0 radical (unpaired) electrons. The molecule has 7 heteroatoms. The second kappa shape index (κ2) is 8.52. The molecule has 3 rings (SSSR count). The quantitative estimate of drug-likeness (QED) is 0.612. The molecule has 0 aromatic heterocycles. The minimum Gasteiger partial charge on any atom is -0.479 e. The van der Waals surface area contributed by atoms with Gasteiger partial charge in [0.2, 0.25) is 5.91 Å². The smallest absolute Gasteiger partial charge is 0.330 e. The van der Waals surface area contributed by atoms with Crippen LogP contribution in [-0.4, -0.2) is 23.0 Å². The number of carbonyl (C=O) groups excluding carboxylic acids is 1. The van der Waals surface area contributed by atoms with Crippen molar-refractivity contribution >= 4 is 23.5 Å². The van der Waals surface area contributed by atoms with Gasteiger partial charge in [0.15, 0.2) is 6.04 Å². The van der Waals surface area contributed by atoms with Gasteiger partial charge in [0.1, 0.15) is 0 Å². The van der Waals surface area contributed by atoms with Gasteiger partial charge in [-0.15, -0.1) is 0 Å².